The Bertz CT molecular complexity index is 430. The minimum absolute atomic E-state index is 0.696. The van der Waals surface area contributed by atoms with Crippen molar-refractivity contribution >= 4 is 16.5 Å². The molecule has 1 aromatic carbocycles. The first kappa shape index (κ1) is 13.1. The number of ether oxygens (including phenoxy) is 1. The van der Waals surface area contributed by atoms with Crippen molar-refractivity contribution in [2.45, 2.75) is 13.0 Å². The number of hydrogen-bond acceptors (Lipinski definition) is 4. The molecule has 0 radical (unpaired) electrons. The highest BCUT2D eigenvalue weighted by atomic mass is 32.1. The third kappa shape index (κ3) is 4.13. The molecule has 1 heterocycles. The summed E-state index contributed by atoms with van der Waals surface area (Å²) < 4.78 is 5.64. The van der Waals surface area contributed by atoms with Crippen molar-refractivity contribution in [2.75, 3.05) is 25.1 Å². The lowest BCUT2D eigenvalue weighted by molar-refractivity contribution is 0.120. The van der Waals surface area contributed by atoms with Crippen LogP contribution in [0.25, 0.3) is 0 Å². The number of rotatable bonds is 7. The van der Waals surface area contributed by atoms with E-state index in [1.54, 1.807) is 11.3 Å². The van der Waals surface area contributed by atoms with Crippen LogP contribution in [0.15, 0.2) is 41.9 Å². The Labute approximate surface area is 112 Å². The Morgan fingerprint density at radius 2 is 2.11 bits per heavy atom. The van der Waals surface area contributed by atoms with Crippen molar-refractivity contribution in [3.8, 4) is 0 Å². The van der Waals surface area contributed by atoms with Crippen molar-refractivity contribution in [2.24, 2.45) is 0 Å². The van der Waals surface area contributed by atoms with Gasteiger partial charge in [0.1, 0.15) is 0 Å². The Morgan fingerprint density at radius 1 is 1.28 bits per heavy atom. The van der Waals surface area contributed by atoms with E-state index in [1.807, 2.05) is 29.8 Å². The van der Waals surface area contributed by atoms with E-state index in [-0.39, 0.29) is 0 Å². The molecule has 0 atom stereocenters. The molecule has 0 aliphatic rings. The number of anilines is 1. The normalized spacial score (nSPS) is 10.5. The summed E-state index contributed by atoms with van der Waals surface area (Å²) in [5.74, 6) is 0. The fraction of sp³-hybridized carbons (Fsp3) is 0.357. The third-order valence-corrected chi connectivity index (χ3v) is 3.53. The molecule has 4 heteroatoms. The zero-order valence-electron chi connectivity index (χ0n) is 10.6. The summed E-state index contributed by atoms with van der Waals surface area (Å²) >= 11 is 1.67. The molecule has 0 unspecified atom stereocenters. The van der Waals surface area contributed by atoms with Gasteiger partial charge in [-0.05, 0) is 12.0 Å². The van der Waals surface area contributed by atoms with Crippen LogP contribution in [0.5, 0.6) is 0 Å². The second kappa shape index (κ2) is 7.13. The Hall–Kier alpha value is -1.39. The van der Waals surface area contributed by atoms with Gasteiger partial charge in [0.25, 0.3) is 0 Å². The highest BCUT2D eigenvalue weighted by molar-refractivity contribution is 7.13. The number of benzene rings is 1. The molecule has 2 rings (SSSR count). The second-order valence-electron chi connectivity index (χ2n) is 4.13. The van der Waals surface area contributed by atoms with Crippen LogP contribution in [0.1, 0.15) is 12.0 Å². The van der Waals surface area contributed by atoms with Gasteiger partial charge in [0.15, 0.2) is 5.13 Å². The Kier molecular flexibility index (Phi) is 5.17. The highest BCUT2D eigenvalue weighted by Gasteiger charge is 2.02. The molecule has 0 amide bonds. The van der Waals surface area contributed by atoms with Gasteiger partial charge in [-0.2, -0.15) is 0 Å². The molecule has 18 heavy (non-hydrogen) atoms. The average molecular weight is 262 g/mol. The molecular weight excluding hydrogens is 244 g/mol. The first-order chi connectivity index (χ1) is 8.86. The standard InChI is InChI=1S/C14H18N2OS/c1-16(14-15-8-11-18-14)9-5-10-17-12-13-6-3-2-4-7-13/h2-4,6-8,11H,5,9-10,12H2,1H3. The fourth-order valence-electron chi connectivity index (χ4n) is 1.67. The average Bonchev–Trinajstić information content (AvgIpc) is 2.93. The van der Waals surface area contributed by atoms with Gasteiger partial charge in [0.05, 0.1) is 6.61 Å². The van der Waals surface area contributed by atoms with Gasteiger partial charge >= 0.3 is 0 Å². The molecule has 96 valence electrons. The number of thiazole rings is 1. The lowest BCUT2D eigenvalue weighted by Crippen LogP contribution is -2.19. The summed E-state index contributed by atoms with van der Waals surface area (Å²) in [7, 11) is 2.07. The molecule has 3 nitrogen and oxygen atoms in total. The molecule has 0 aliphatic carbocycles. The molecule has 2 aromatic rings. The van der Waals surface area contributed by atoms with E-state index in [0.29, 0.717) is 6.61 Å². The summed E-state index contributed by atoms with van der Waals surface area (Å²) in [6, 6.07) is 10.3. The predicted molar refractivity (Wildman–Crippen MR) is 76.1 cm³/mol. The molecule has 0 spiro atoms. The summed E-state index contributed by atoms with van der Waals surface area (Å²) in [6.07, 6.45) is 2.85. The maximum Gasteiger partial charge on any atom is 0.184 e. The predicted octanol–water partition coefficient (Wildman–Crippen LogP) is 3.19. The molecule has 0 bridgehead atoms. The largest absolute Gasteiger partial charge is 0.377 e. The lowest BCUT2D eigenvalue weighted by atomic mass is 10.2. The first-order valence-electron chi connectivity index (χ1n) is 6.08. The van der Waals surface area contributed by atoms with Gasteiger partial charge in [-0.25, -0.2) is 4.98 Å². The van der Waals surface area contributed by atoms with E-state index >= 15 is 0 Å². The van der Waals surface area contributed by atoms with Crippen LogP contribution in [0.4, 0.5) is 5.13 Å². The van der Waals surface area contributed by atoms with Gasteiger partial charge in [-0.3, -0.25) is 0 Å². The number of hydrogen-bond donors (Lipinski definition) is 0. The molecule has 0 aliphatic heterocycles. The van der Waals surface area contributed by atoms with Crippen molar-refractivity contribution in [1.29, 1.82) is 0 Å². The number of nitrogens with zero attached hydrogens (tertiary/aromatic N) is 2. The van der Waals surface area contributed by atoms with Crippen LogP contribution in [-0.2, 0) is 11.3 Å². The van der Waals surface area contributed by atoms with Crippen molar-refractivity contribution < 1.29 is 4.74 Å². The highest BCUT2D eigenvalue weighted by Crippen LogP contribution is 2.15. The van der Waals surface area contributed by atoms with Crippen molar-refractivity contribution in [3.05, 3.63) is 47.5 Å². The topological polar surface area (TPSA) is 25.4 Å². The minimum Gasteiger partial charge on any atom is -0.377 e. The van der Waals surface area contributed by atoms with E-state index in [4.69, 9.17) is 4.74 Å². The van der Waals surface area contributed by atoms with Crippen LogP contribution < -0.4 is 4.90 Å². The van der Waals surface area contributed by atoms with E-state index in [0.717, 1.165) is 24.7 Å². The van der Waals surface area contributed by atoms with Crippen LogP contribution >= 0.6 is 11.3 Å². The summed E-state index contributed by atoms with van der Waals surface area (Å²) in [5.41, 5.74) is 1.23. The van der Waals surface area contributed by atoms with E-state index < -0.39 is 0 Å². The zero-order chi connectivity index (χ0) is 12.6. The second-order valence-corrected chi connectivity index (χ2v) is 5.00. The van der Waals surface area contributed by atoms with Crippen molar-refractivity contribution in [3.63, 3.8) is 0 Å². The number of aromatic nitrogens is 1. The van der Waals surface area contributed by atoms with Crippen LogP contribution in [-0.4, -0.2) is 25.2 Å². The van der Waals surface area contributed by atoms with Gasteiger partial charge in [0.2, 0.25) is 0 Å². The molecule has 0 fully saturated rings. The summed E-state index contributed by atoms with van der Waals surface area (Å²) in [4.78, 5) is 6.43. The molecular formula is C14H18N2OS. The zero-order valence-corrected chi connectivity index (χ0v) is 11.4. The minimum atomic E-state index is 0.696. The van der Waals surface area contributed by atoms with Gasteiger partial charge in [-0.15, -0.1) is 11.3 Å². The molecule has 0 N–H and O–H groups in total. The van der Waals surface area contributed by atoms with E-state index in [2.05, 4.69) is 29.1 Å². The first-order valence-corrected chi connectivity index (χ1v) is 6.96. The Balaban J connectivity index is 1.59. The quantitative estimate of drug-likeness (QED) is 0.717. The summed E-state index contributed by atoms with van der Waals surface area (Å²) in [5, 5.41) is 3.07. The van der Waals surface area contributed by atoms with Gasteiger partial charge < -0.3 is 9.64 Å². The van der Waals surface area contributed by atoms with Crippen molar-refractivity contribution in [1.82, 2.24) is 4.98 Å². The van der Waals surface area contributed by atoms with Crippen LogP contribution in [0.2, 0.25) is 0 Å². The molecule has 1 aromatic heterocycles. The summed E-state index contributed by atoms with van der Waals surface area (Å²) in [6.45, 7) is 2.45. The van der Waals surface area contributed by atoms with E-state index in [1.165, 1.54) is 5.56 Å². The van der Waals surface area contributed by atoms with Crippen LogP contribution in [0, 0.1) is 0 Å². The molecule has 0 saturated heterocycles. The van der Waals surface area contributed by atoms with E-state index in [9.17, 15) is 0 Å². The van der Waals surface area contributed by atoms with Crippen LogP contribution in [0.3, 0.4) is 0 Å². The monoisotopic (exact) mass is 262 g/mol. The fourth-order valence-corrected chi connectivity index (χ4v) is 2.30. The lowest BCUT2D eigenvalue weighted by Gasteiger charge is -2.15. The SMILES string of the molecule is CN(CCCOCc1ccccc1)c1nccs1. The molecule has 0 saturated carbocycles. The van der Waals surface area contributed by atoms with Gasteiger partial charge in [-0.1, -0.05) is 30.3 Å². The third-order valence-electron chi connectivity index (χ3n) is 2.64. The maximum absolute atomic E-state index is 5.64. The smallest absolute Gasteiger partial charge is 0.184 e. The Morgan fingerprint density at radius 3 is 2.83 bits per heavy atom. The maximum atomic E-state index is 5.64. The van der Waals surface area contributed by atoms with Gasteiger partial charge in [0, 0.05) is 31.8 Å².